The quantitative estimate of drug-likeness (QED) is 0.308. The van der Waals surface area contributed by atoms with Crippen LogP contribution in [0.1, 0.15) is 22.9 Å². The lowest BCUT2D eigenvalue weighted by atomic mass is 10.2. The van der Waals surface area contributed by atoms with Gasteiger partial charge in [-0.15, -0.1) is 0 Å². The molecule has 0 fully saturated rings. The molecule has 2 heterocycles. The number of hydrogen-bond donors (Lipinski definition) is 3. The van der Waals surface area contributed by atoms with Crippen LogP contribution in [0.4, 0.5) is 5.69 Å². The first-order valence-electron chi connectivity index (χ1n) is 10.9. The zero-order chi connectivity index (χ0) is 25.4. The Hall–Kier alpha value is -3.12. The molecule has 0 radical (unpaired) electrons. The fourth-order valence-electron chi connectivity index (χ4n) is 3.41. The molecule has 186 valence electrons. The zero-order valence-corrected chi connectivity index (χ0v) is 20.9. The molecule has 1 atom stereocenters. The number of sulfonamides is 1. The van der Waals surface area contributed by atoms with E-state index < -0.39 is 21.6 Å². The lowest BCUT2D eigenvalue weighted by molar-refractivity contribution is -0.110. The predicted octanol–water partition coefficient (Wildman–Crippen LogP) is 1.69. The van der Waals surface area contributed by atoms with Gasteiger partial charge >= 0.3 is 0 Å². The summed E-state index contributed by atoms with van der Waals surface area (Å²) < 4.78 is 29.5. The Kier molecular flexibility index (Phi) is 9.10. The van der Waals surface area contributed by atoms with E-state index in [-0.39, 0.29) is 29.6 Å². The van der Waals surface area contributed by atoms with Gasteiger partial charge in [-0.3, -0.25) is 9.78 Å². The second-order valence-electron chi connectivity index (χ2n) is 7.78. The molecule has 3 aromatic rings. The maximum atomic E-state index is 12.9. The van der Waals surface area contributed by atoms with Crippen LogP contribution in [0.3, 0.4) is 0 Å². The topological polar surface area (TPSA) is 135 Å². The Bertz CT molecular complexity index is 1330. The molecule has 10 nitrogen and oxygen atoms in total. The van der Waals surface area contributed by atoms with E-state index in [4.69, 9.17) is 11.6 Å². The molecule has 0 aliphatic heterocycles. The van der Waals surface area contributed by atoms with Crippen molar-refractivity contribution in [1.82, 2.24) is 24.8 Å². The van der Waals surface area contributed by atoms with Crippen LogP contribution >= 0.6 is 11.6 Å². The summed E-state index contributed by atoms with van der Waals surface area (Å²) in [5.41, 5.74) is 1.66. The maximum Gasteiger partial charge on any atom is 0.273 e. The molecule has 35 heavy (non-hydrogen) atoms. The average molecular weight is 519 g/mol. The van der Waals surface area contributed by atoms with Gasteiger partial charge in [-0.2, -0.15) is 5.10 Å². The number of halogens is 1. The molecule has 2 aromatic heterocycles. The zero-order valence-electron chi connectivity index (χ0n) is 19.4. The number of anilines is 1. The number of pyridine rings is 1. The largest absolute Gasteiger partial charge is 0.382 e. The Morgan fingerprint density at radius 1 is 1.23 bits per heavy atom. The summed E-state index contributed by atoms with van der Waals surface area (Å²) >= 11 is 6.06. The van der Waals surface area contributed by atoms with Gasteiger partial charge in [0.15, 0.2) is 0 Å². The van der Waals surface area contributed by atoms with Gasteiger partial charge in [0.2, 0.25) is 10.0 Å². The van der Waals surface area contributed by atoms with Crippen molar-refractivity contribution >= 4 is 33.6 Å². The van der Waals surface area contributed by atoms with Gasteiger partial charge in [0, 0.05) is 43.6 Å². The van der Waals surface area contributed by atoms with Crippen LogP contribution in [-0.4, -0.2) is 49.6 Å². The Morgan fingerprint density at radius 2 is 2.03 bits per heavy atom. The smallest absolute Gasteiger partial charge is 0.273 e. The van der Waals surface area contributed by atoms with Gasteiger partial charge in [-0.25, -0.2) is 17.8 Å². The minimum Gasteiger partial charge on any atom is -0.382 e. The van der Waals surface area contributed by atoms with Crippen molar-refractivity contribution in [3.63, 3.8) is 0 Å². The van der Waals surface area contributed by atoms with E-state index in [1.54, 1.807) is 38.4 Å². The highest BCUT2D eigenvalue weighted by Crippen LogP contribution is 2.21. The van der Waals surface area contributed by atoms with E-state index in [0.29, 0.717) is 29.5 Å². The molecule has 12 heteroatoms. The Labute approximate surface area is 208 Å². The van der Waals surface area contributed by atoms with Crippen LogP contribution in [-0.2, 0) is 27.8 Å². The monoisotopic (exact) mass is 518 g/mol. The fourth-order valence-corrected chi connectivity index (χ4v) is 4.90. The molecule has 0 spiro atoms. The second-order valence-corrected chi connectivity index (χ2v) is 9.93. The highest BCUT2D eigenvalue weighted by molar-refractivity contribution is 7.89. The minimum absolute atomic E-state index is 0.0205. The van der Waals surface area contributed by atoms with Gasteiger partial charge in [-0.1, -0.05) is 23.7 Å². The predicted molar refractivity (Wildman–Crippen MR) is 134 cm³/mol. The number of carbonyl (C=O) groups is 1. The van der Waals surface area contributed by atoms with Crippen molar-refractivity contribution in [3.8, 4) is 0 Å². The molecular weight excluding hydrogens is 492 g/mol. The summed E-state index contributed by atoms with van der Waals surface area (Å²) in [7, 11) is -2.10. The van der Waals surface area contributed by atoms with Crippen molar-refractivity contribution in [1.29, 1.82) is 0 Å². The van der Waals surface area contributed by atoms with E-state index in [1.807, 2.05) is 12.1 Å². The molecule has 0 aliphatic carbocycles. The van der Waals surface area contributed by atoms with Gasteiger partial charge < -0.3 is 15.4 Å². The maximum absolute atomic E-state index is 12.9. The molecular formula is C23H27ClN6O4S. The van der Waals surface area contributed by atoms with Gasteiger partial charge in [0.25, 0.3) is 5.56 Å². The molecule has 0 amide bonds. The Morgan fingerprint density at radius 3 is 2.71 bits per heavy atom. The molecule has 0 saturated heterocycles. The number of aromatic nitrogens is 3. The molecule has 3 N–H and O–H groups in total. The highest BCUT2D eigenvalue weighted by Gasteiger charge is 2.19. The standard InChI is InChI=1S/C23H27ClN6O4S/c1-16-6-7-18(11-22(16)35(33,34)29-10-8-17-5-3-4-9-26-17)27-12-19(15-31)30-23(32)20(13-25-2)21(24)14-28-30/h3-7,9,11,14-15,19,25,27,29H,8,10,12-13H2,1-2H3. The van der Waals surface area contributed by atoms with Gasteiger partial charge in [-0.05, 0) is 43.8 Å². The van der Waals surface area contributed by atoms with Gasteiger partial charge in [0.1, 0.15) is 12.3 Å². The lowest BCUT2D eigenvalue weighted by Crippen LogP contribution is -2.35. The first-order chi connectivity index (χ1) is 16.8. The van der Waals surface area contributed by atoms with E-state index in [1.165, 1.54) is 12.3 Å². The highest BCUT2D eigenvalue weighted by atomic mass is 35.5. The van der Waals surface area contributed by atoms with Crippen LogP contribution in [0.15, 0.2) is 58.5 Å². The van der Waals surface area contributed by atoms with E-state index in [2.05, 4.69) is 25.4 Å². The van der Waals surface area contributed by atoms with Crippen LogP contribution < -0.4 is 20.9 Å². The summed E-state index contributed by atoms with van der Waals surface area (Å²) in [6, 6.07) is 9.41. The van der Waals surface area contributed by atoms with Crippen molar-refractivity contribution in [2.75, 3.05) is 25.5 Å². The van der Waals surface area contributed by atoms with Crippen molar-refractivity contribution in [2.24, 2.45) is 0 Å². The summed E-state index contributed by atoms with van der Waals surface area (Å²) in [5.74, 6) is 0. The van der Waals surface area contributed by atoms with Crippen molar-refractivity contribution in [2.45, 2.75) is 30.8 Å². The van der Waals surface area contributed by atoms with Crippen LogP contribution in [0.2, 0.25) is 5.02 Å². The normalized spacial score (nSPS) is 12.3. The molecule has 1 aromatic carbocycles. The fraction of sp³-hybridized carbons (Fsp3) is 0.304. The minimum atomic E-state index is -3.78. The van der Waals surface area contributed by atoms with E-state index in [0.717, 1.165) is 10.4 Å². The molecule has 0 saturated carbocycles. The van der Waals surface area contributed by atoms with Gasteiger partial charge in [0.05, 0.1) is 21.7 Å². The summed E-state index contributed by atoms with van der Waals surface area (Å²) in [4.78, 5) is 28.8. The third-order valence-corrected chi connectivity index (χ3v) is 7.20. The van der Waals surface area contributed by atoms with Crippen LogP contribution in [0.25, 0.3) is 0 Å². The Balaban J connectivity index is 1.73. The molecule has 0 aliphatic rings. The third kappa shape index (κ3) is 6.73. The van der Waals surface area contributed by atoms with Crippen molar-refractivity contribution < 1.29 is 13.2 Å². The summed E-state index contributed by atoms with van der Waals surface area (Å²) in [6.45, 7) is 2.15. The number of aryl methyl sites for hydroxylation is 1. The van der Waals surface area contributed by atoms with Crippen LogP contribution in [0.5, 0.6) is 0 Å². The number of nitrogens with zero attached hydrogens (tertiary/aromatic N) is 3. The number of rotatable bonds is 12. The summed E-state index contributed by atoms with van der Waals surface area (Å²) in [6.07, 6.45) is 4.03. The number of nitrogens with one attached hydrogen (secondary N) is 3. The number of benzene rings is 1. The van der Waals surface area contributed by atoms with E-state index in [9.17, 15) is 18.0 Å². The third-order valence-electron chi connectivity index (χ3n) is 5.27. The number of aldehydes is 1. The van der Waals surface area contributed by atoms with Crippen molar-refractivity contribution in [3.05, 3.63) is 81.0 Å². The SMILES string of the molecule is CNCc1c(Cl)cnn(C(C=O)CNc2ccc(C)c(S(=O)(=O)NCCc3ccccn3)c2)c1=O. The lowest BCUT2D eigenvalue weighted by Gasteiger charge is -2.17. The number of carbonyl (C=O) groups excluding carboxylic acids is 1. The first kappa shape index (κ1) is 26.5. The van der Waals surface area contributed by atoms with E-state index >= 15 is 0 Å². The summed E-state index contributed by atoms with van der Waals surface area (Å²) in [5, 5.41) is 10.1. The molecule has 3 rings (SSSR count). The average Bonchev–Trinajstić information content (AvgIpc) is 2.84. The second kappa shape index (κ2) is 12.0. The molecule has 1 unspecified atom stereocenters. The molecule has 0 bridgehead atoms. The first-order valence-corrected chi connectivity index (χ1v) is 12.7. The number of hydrogen-bond acceptors (Lipinski definition) is 8. The van der Waals surface area contributed by atoms with Crippen LogP contribution in [0, 0.1) is 6.92 Å².